The van der Waals surface area contributed by atoms with Crippen molar-refractivity contribution in [2.24, 2.45) is 0 Å². The fourth-order valence-electron chi connectivity index (χ4n) is 1.39. The molecule has 1 aromatic heterocycles. The van der Waals surface area contributed by atoms with Crippen molar-refractivity contribution in [2.75, 3.05) is 5.32 Å². The molecule has 0 amide bonds. The van der Waals surface area contributed by atoms with Gasteiger partial charge in [0, 0.05) is 12.0 Å². The Hall–Kier alpha value is -1.43. The Morgan fingerprint density at radius 2 is 2.12 bits per heavy atom. The van der Waals surface area contributed by atoms with Gasteiger partial charge in [0.25, 0.3) is 0 Å². The maximum absolute atomic E-state index is 10.9. The summed E-state index contributed by atoms with van der Waals surface area (Å²) in [6, 6.07) is 0.277. The average Bonchev–Trinajstić information content (AvgIpc) is 2.99. The third kappa shape index (κ3) is 2.63. The van der Waals surface area contributed by atoms with Crippen molar-refractivity contribution < 1.29 is 4.92 Å². The lowest BCUT2D eigenvalue weighted by Crippen LogP contribution is -2.10. The first-order valence-electron chi connectivity index (χ1n) is 5.47. The Balaban J connectivity index is 2.45. The number of hydrogen-bond donors (Lipinski definition) is 1. The van der Waals surface area contributed by atoms with Crippen LogP contribution in [0.15, 0.2) is 0 Å². The molecule has 1 N–H and O–H groups in total. The molecule has 1 aliphatic rings. The van der Waals surface area contributed by atoms with E-state index < -0.39 is 4.92 Å². The van der Waals surface area contributed by atoms with Crippen LogP contribution in [0.1, 0.15) is 38.4 Å². The van der Waals surface area contributed by atoms with E-state index in [4.69, 9.17) is 11.6 Å². The van der Waals surface area contributed by atoms with E-state index in [1.807, 2.05) is 13.8 Å². The summed E-state index contributed by atoms with van der Waals surface area (Å²) >= 11 is 5.84. The first-order valence-corrected chi connectivity index (χ1v) is 5.85. The van der Waals surface area contributed by atoms with Crippen LogP contribution in [0.2, 0.25) is 5.15 Å². The van der Waals surface area contributed by atoms with Crippen LogP contribution in [-0.4, -0.2) is 20.9 Å². The molecule has 0 aromatic carbocycles. The molecular formula is C10H13ClN4O2. The number of rotatable bonds is 4. The van der Waals surface area contributed by atoms with Gasteiger partial charge in [-0.1, -0.05) is 25.4 Å². The van der Waals surface area contributed by atoms with E-state index in [0.29, 0.717) is 5.82 Å². The molecule has 1 aliphatic carbocycles. The quantitative estimate of drug-likeness (QED) is 0.509. The monoisotopic (exact) mass is 256 g/mol. The van der Waals surface area contributed by atoms with Crippen LogP contribution in [0.4, 0.5) is 11.5 Å². The summed E-state index contributed by atoms with van der Waals surface area (Å²) in [6.45, 7) is 3.83. The van der Waals surface area contributed by atoms with Crippen LogP contribution < -0.4 is 5.32 Å². The van der Waals surface area contributed by atoms with E-state index in [9.17, 15) is 10.1 Å². The van der Waals surface area contributed by atoms with Crippen molar-refractivity contribution >= 4 is 23.1 Å². The zero-order chi connectivity index (χ0) is 12.6. The van der Waals surface area contributed by atoms with Gasteiger partial charge in [-0.2, -0.15) is 0 Å². The highest BCUT2D eigenvalue weighted by atomic mass is 35.5. The Labute approximate surface area is 104 Å². The predicted molar refractivity (Wildman–Crippen MR) is 64.4 cm³/mol. The van der Waals surface area contributed by atoms with Gasteiger partial charge < -0.3 is 5.32 Å². The van der Waals surface area contributed by atoms with E-state index in [-0.39, 0.29) is 28.6 Å². The number of nitrogens with one attached hydrogen (secondary N) is 1. The molecule has 6 nitrogen and oxygen atoms in total. The fraction of sp³-hybridized carbons (Fsp3) is 0.600. The molecule has 92 valence electrons. The minimum absolute atomic E-state index is 0.0769. The number of hydrogen-bond acceptors (Lipinski definition) is 5. The van der Waals surface area contributed by atoms with Crippen molar-refractivity contribution in [3.8, 4) is 0 Å². The van der Waals surface area contributed by atoms with E-state index >= 15 is 0 Å². The Morgan fingerprint density at radius 1 is 1.47 bits per heavy atom. The molecule has 2 rings (SSSR count). The summed E-state index contributed by atoms with van der Waals surface area (Å²) in [4.78, 5) is 18.5. The number of anilines is 1. The lowest BCUT2D eigenvalue weighted by molar-refractivity contribution is -0.384. The van der Waals surface area contributed by atoms with Gasteiger partial charge in [0.1, 0.15) is 5.82 Å². The van der Waals surface area contributed by atoms with Gasteiger partial charge in [0.15, 0.2) is 0 Å². The van der Waals surface area contributed by atoms with E-state index in [1.54, 1.807) is 0 Å². The van der Waals surface area contributed by atoms with E-state index in [1.165, 1.54) is 0 Å². The Morgan fingerprint density at radius 3 is 2.59 bits per heavy atom. The zero-order valence-electron chi connectivity index (χ0n) is 9.61. The van der Waals surface area contributed by atoms with Crippen LogP contribution in [0.5, 0.6) is 0 Å². The van der Waals surface area contributed by atoms with Gasteiger partial charge in [0.05, 0.1) is 4.92 Å². The second-order valence-corrected chi connectivity index (χ2v) is 4.76. The predicted octanol–water partition coefficient (Wildman–Crippen LogP) is 2.74. The van der Waals surface area contributed by atoms with Gasteiger partial charge >= 0.3 is 5.69 Å². The smallest absolute Gasteiger partial charge is 0.348 e. The van der Waals surface area contributed by atoms with Crippen LogP contribution in [0.25, 0.3) is 0 Å². The largest absolute Gasteiger partial charge is 0.361 e. The molecular weight excluding hydrogens is 244 g/mol. The summed E-state index contributed by atoms with van der Waals surface area (Å²) in [7, 11) is 0. The highest BCUT2D eigenvalue weighted by Crippen LogP contribution is 2.34. The lowest BCUT2D eigenvalue weighted by Gasteiger charge is -2.09. The number of aromatic nitrogens is 2. The second-order valence-electron chi connectivity index (χ2n) is 4.40. The summed E-state index contributed by atoms with van der Waals surface area (Å²) in [5, 5.41) is 13.9. The SMILES string of the molecule is CC(C)c1nc(Cl)c([N+](=O)[O-])c(NC2CC2)n1. The van der Waals surface area contributed by atoms with Crippen molar-refractivity contribution in [1.82, 2.24) is 9.97 Å². The highest BCUT2D eigenvalue weighted by Gasteiger charge is 2.29. The molecule has 0 unspecified atom stereocenters. The van der Waals surface area contributed by atoms with Crippen molar-refractivity contribution in [2.45, 2.75) is 38.6 Å². The highest BCUT2D eigenvalue weighted by molar-refractivity contribution is 6.31. The molecule has 0 saturated heterocycles. The average molecular weight is 257 g/mol. The van der Waals surface area contributed by atoms with Gasteiger partial charge in [-0.15, -0.1) is 0 Å². The summed E-state index contributed by atoms with van der Waals surface area (Å²) < 4.78 is 0. The molecule has 1 fully saturated rings. The number of halogens is 1. The molecule has 1 heterocycles. The van der Waals surface area contributed by atoms with Gasteiger partial charge in [-0.25, -0.2) is 9.97 Å². The molecule has 17 heavy (non-hydrogen) atoms. The van der Waals surface area contributed by atoms with E-state index in [0.717, 1.165) is 12.8 Å². The molecule has 1 aromatic rings. The fourth-order valence-corrected chi connectivity index (χ4v) is 1.63. The molecule has 0 atom stereocenters. The molecule has 0 spiro atoms. The molecule has 0 aliphatic heterocycles. The topological polar surface area (TPSA) is 81.0 Å². The summed E-state index contributed by atoms with van der Waals surface area (Å²) in [6.07, 6.45) is 2.02. The van der Waals surface area contributed by atoms with Crippen LogP contribution in [-0.2, 0) is 0 Å². The number of nitro groups is 1. The lowest BCUT2D eigenvalue weighted by atomic mass is 10.2. The van der Waals surface area contributed by atoms with Crippen molar-refractivity contribution in [3.63, 3.8) is 0 Å². The number of nitrogens with zero attached hydrogens (tertiary/aromatic N) is 3. The minimum atomic E-state index is -0.544. The second kappa shape index (κ2) is 4.44. The van der Waals surface area contributed by atoms with Gasteiger partial charge in [-0.3, -0.25) is 10.1 Å². The third-order valence-electron chi connectivity index (χ3n) is 2.48. The van der Waals surface area contributed by atoms with Crippen LogP contribution in [0, 0.1) is 10.1 Å². The molecule has 0 bridgehead atoms. The van der Waals surface area contributed by atoms with Crippen molar-refractivity contribution in [1.29, 1.82) is 0 Å². The zero-order valence-corrected chi connectivity index (χ0v) is 10.4. The maximum Gasteiger partial charge on any atom is 0.348 e. The Bertz CT molecular complexity index is 460. The van der Waals surface area contributed by atoms with Gasteiger partial charge in [0.2, 0.25) is 11.0 Å². The first-order chi connectivity index (χ1) is 7.99. The standard InChI is InChI=1S/C10H13ClN4O2/c1-5(2)9-13-8(11)7(15(16)17)10(14-9)12-6-3-4-6/h5-6H,3-4H2,1-2H3,(H,12,13,14). The minimum Gasteiger partial charge on any atom is -0.361 e. The molecule has 1 saturated carbocycles. The third-order valence-corrected chi connectivity index (χ3v) is 2.74. The summed E-state index contributed by atoms with van der Waals surface area (Å²) in [5.41, 5.74) is -0.233. The normalized spacial score (nSPS) is 15.1. The maximum atomic E-state index is 10.9. The molecule has 7 heteroatoms. The van der Waals surface area contributed by atoms with Crippen LogP contribution >= 0.6 is 11.6 Å². The van der Waals surface area contributed by atoms with Crippen LogP contribution in [0.3, 0.4) is 0 Å². The van der Waals surface area contributed by atoms with E-state index in [2.05, 4.69) is 15.3 Å². The molecule has 0 radical (unpaired) electrons. The van der Waals surface area contributed by atoms with Crippen molar-refractivity contribution in [3.05, 3.63) is 21.1 Å². The first kappa shape index (κ1) is 12.0. The summed E-state index contributed by atoms with van der Waals surface area (Å²) in [5.74, 6) is 0.831. The Kier molecular flexibility index (Phi) is 3.15. The van der Waals surface area contributed by atoms with Gasteiger partial charge in [-0.05, 0) is 12.8 Å².